The number of hydrogen-bond donors (Lipinski definition) is 0. The van der Waals surface area contributed by atoms with Gasteiger partial charge in [-0.3, -0.25) is 4.68 Å². The first-order valence-electron chi connectivity index (χ1n) is 7.52. The van der Waals surface area contributed by atoms with Gasteiger partial charge in [0.1, 0.15) is 0 Å². The molecule has 5 heteroatoms. The average molecular weight is 300 g/mol. The van der Waals surface area contributed by atoms with Crippen LogP contribution in [-0.4, -0.2) is 47.8 Å². The van der Waals surface area contributed by atoms with Crippen molar-refractivity contribution in [1.82, 2.24) is 14.7 Å². The number of rotatable bonds is 5. The molecule has 0 saturated heterocycles. The van der Waals surface area contributed by atoms with E-state index in [4.69, 9.17) is 16.3 Å². The van der Waals surface area contributed by atoms with Gasteiger partial charge in [0, 0.05) is 17.8 Å². The van der Waals surface area contributed by atoms with Crippen LogP contribution in [-0.2, 0) is 6.54 Å². The molecule has 1 aromatic heterocycles. The Morgan fingerprint density at radius 1 is 1.35 bits per heavy atom. The first-order valence-corrected chi connectivity index (χ1v) is 7.95. The second-order valence-corrected chi connectivity index (χ2v) is 6.45. The summed E-state index contributed by atoms with van der Waals surface area (Å²) in [6.45, 7) is 1.85. The van der Waals surface area contributed by atoms with Crippen molar-refractivity contribution in [1.29, 1.82) is 0 Å². The lowest BCUT2D eigenvalue weighted by Gasteiger charge is -2.22. The van der Waals surface area contributed by atoms with Crippen LogP contribution in [0.25, 0.3) is 0 Å². The molecule has 1 heterocycles. The normalized spacial score (nSPS) is 23.9. The number of aromatic nitrogens is 2. The van der Waals surface area contributed by atoms with Gasteiger partial charge in [-0.1, -0.05) is 19.3 Å². The highest BCUT2D eigenvalue weighted by Crippen LogP contribution is 2.39. The molecular weight excluding hydrogens is 274 g/mol. The van der Waals surface area contributed by atoms with Gasteiger partial charge >= 0.3 is 0 Å². The minimum atomic E-state index is 0.196. The summed E-state index contributed by atoms with van der Waals surface area (Å²) >= 11 is 6.64. The van der Waals surface area contributed by atoms with Crippen LogP contribution in [0.5, 0.6) is 5.75 Å². The predicted octanol–water partition coefficient (Wildman–Crippen LogP) is 3.11. The summed E-state index contributed by atoms with van der Waals surface area (Å²) in [6, 6.07) is 0. The van der Waals surface area contributed by atoms with Gasteiger partial charge in [0.15, 0.2) is 5.75 Å². The van der Waals surface area contributed by atoms with E-state index in [-0.39, 0.29) is 5.38 Å². The van der Waals surface area contributed by atoms with Crippen molar-refractivity contribution >= 4 is 11.6 Å². The zero-order chi connectivity index (χ0) is 14.5. The molecule has 0 aliphatic heterocycles. The van der Waals surface area contributed by atoms with E-state index in [2.05, 4.69) is 28.8 Å². The maximum absolute atomic E-state index is 6.64. The molecule has 2 rings (SSSR count). The lowest BCUT2D eigenvalue weighted by Crippen LogP contribution is -2.23. The number of methoxy groups -OCH3 is 1. The fourth-order valence-electron chi connectivity index (χ4n) is 2.95. The van der Waals surface area contributed by atoms with Crippen molar-refractivity contribution in [2.24, 2.45) is 0 Å². The standard InChI is InChI=1S/C15H26ClN3O/c1-18(2)9-10-19-15(14(20-3)11-17-19)12-7-5-4-6-8-13(12)16/h11-13H,4-10H2,1-3H3. The Hall–Kier alpha value is -0.740. The number of halogens is 1. The van der Waals surface area contributed by atoms with Crippen molar-refractivity contribution in [3.05, 3.63) is 11.9 Å². The summed E-state index contributed by atoms with van der Waals surface area (Å²) < 4.78 is 7.61. The molecule has 114 valence electrons. The van der Waals surface area contributed by atoms with Gasteiger partial charge in [0.2, 0.25) is 0 Å². The molecule has 1 saturated carbocycles. The Morgan fingerprint density at radius 3 is 2.80 bits per heavy atom. The van der Waals surface area contributed by atoms with E-state index in [9.17, 15) is 0 Å². The summed E-state index contributed by atoms with van der Waals surface area (Å²) in [5.41, 5.74) is 1.19. The molecule has 0 radical (unpaired) electrons. The van der Waals surface area contributed by atoms with E-state index in [0.717, 1.165) is 31.7 Å². The summed E-state index contributed by atoms with van der Waals surface area (Å²) in [6.07, 6.45) is 7.83. The second kappa shape index (κ2) is 7.32. The smallest absolute Gasteiger partial charge is 0.160 e. The number of ether oxygens (including phenoxy) is 1. The number of likely N-dealkylation sites (N-methyl/N-ethyl adjacent to an activating group) is 1. The minimum absolute atomic E-state index is 0.196. The number of hydrogen-bond acceptors (Lipinski definition) is 3. The summed E-state index contributed by atoms with van der Waals surface area (Å²) in [5, 5.41) is 4.70. The molecule has 1 aliphatic carbocycles. The van der Waals surface area contributed by atoms with E-state index in [1.165, 1.54) is 25.0 Å². The molecule has 20 heavy (non-hydrogen) atoms. The Morgan fingerprint density at radius 2 is 2.10 bits per heavy atom. The predicted molar refractivity (Wildman–Crippen MR) is 82.8 cm³/mol. The lowest BCUT2D eigenvalue weighted by molar-refractivity contribution is 0.357. The molecule has 1 fully saturated rings. The van der Waals surface area contributed by atoms with Crippen LogP contribution >= 0.6 is 11.6 Å². The highest BCUT2D eigenvalue weighted by atomic mass is 35.5. The van der Waals surface area contributed by atoms with Gasteiger partial charge in [-0.25, -0.2) is 0 Å². The van der Waals surface area contributed by atoms with Crippen molar-refractivity contribution in [3.63, 3.8) is 0 Å². The molecule has 2 atom stereocenters. The molecule has 0 N–H and O–H groups in total. The van der Waals surface area contributed by atoms with Crippen LogP contribution in [0, 0.1) is 0 Å². The molecule has 2 unspecified atom stereocenters. The second-order valence-electron chi connectivity index (χ2n) is 5.89. The molecular formula is C15H26ClN3O. The summed E-state index contributed by atoms with van der Waals surface area (Å²) in [7, 11) is 5.88. The van der Waals surface area contributed by atoms with Crippen molar-refractivity contribution in [3.8, 4) is 5.75 Å². The Bertz CT molecular complexity index is 419. The molecule has 4 nitrogen and oxygen atoms in total. The quantitative estimate of drug-likeness (QED) is 0.618. The fourth-order valence-corrected chi connectivity index (χ4v) is 3.35. The maximum Gasteiger partial charge on any atom is 0.160 e. The van der Waals surface area contributed by atoms with Crippen LogP contribution in [0.3, 0.4) is 0 Å². The van der Waals surface area contributed by atoms with Crippen molar-refractivity contribution < 1.29 is 4.74 Å². The Kier molecular flexibility index (Phi) is 5.73. The van der Waals surface area contributed by atoms with E-state index in [1.807, 2.05) is 6.20 Å². The maximum atomic E-state index is 6.64. The van der Waals surface area contributed by atoms with E-state index >= 15 is 0 Å². The van der Waals surface area contributed by atoms with Crippen LogP contribution in [0.15, 0.2) is 6.20 Å². The molecule has 0 aromatic carbocycles. The summed E-state index contributed by atoms with van der Waals surface area (Å²) in [4.78, 5) is 2.17. The summed E-state index contributed by atoms with van der Waals surface area (Å²) in [5.74, 6) is 1.25. The number of nitrogens with zero attached hydrogens (tertiary/aromatic N) is 3. The topological polar surface area (TPSA) is 30.3 Å². The van der Waals surface area contributed by atoms with E-state index in [0.29, 0.717) is 5.92 Å². The fraction of sp³-hybridized carbons (Fsp3) is 0.800. The first-order chi connectivity index (χ1) is 9.63. The molecule has 0 amide bonds. The van der Waals surface area contributed by atoms with Crippen LogP contribution in [0.4, 0.5) is 0 Å². The minimum Gasteiger partial charge on any atom is -0.493 e. The van der Waals surface area contributed by atoms with Gasteiger partial charge in [-0.05, 0) is 26.9 Å². The zero-order valence-electron chi connectivity index (χ0n) is 12.8. The molecule has 1 aliphatic rings. The van der Waals surface area contributed by atoms with E-state index < -0.39 is 0 Å². The monoisotopic (exact) mass is 299 g/mol. The number of alkyl halides is 1. The van der Waals surface area contributed by atoms with E-state index in [1.54, 1.807) is 7.11 Å². The SMILES string of the molecule is COc1cnn(CCN(C)C)c1C1CCCCCC1Cl. The third-order valence-electron chi connectivity index (χ3n) is 4.11. The van der Waals surface area contributed by atoms with Gasteiger partial charge in [0.05, 0.1) is 25.5 Å². The largest absolute Gasteiger partial charge is 0.493 e. The van der Waals surface area contributed by atoms with Crippen LogP contribution < -0.4 is 4.74 Å². The van der Waals surface area contributed by atoms with Gasteiger partial charge in [-0.2, -0.15) is 5.10 Å². The van der Waals surface area contributed by atoms with Crippen molar-refractivity contribution in [2.75, 3.05) is 27.7 Å². The molecule has 1 aromatic rings. The third-order valence-corrected chi connectivity index (χ3v) is 4.63. The van der Waals surface area contributed by atoms with Gasteiger partial charge in [-0.15, -0.1) is 11.6 Å². The average Bonchev–Trinajstić information content (AvgIpc) is 2.71. The Balaban J connectivity index is 2.24. The van der Waals surface area contributed by atoms with Crippen LogP contribution in [0.2, 0.25) is 0 Å². The highest BCUT2D eigenvalue weighted by molar-refractivity contribution is 6.21. The lowest BCUT2D eigenvalue weighted by atomic mass is 9.95. The third kappa shape index (κ3) is 3.67. The molecule has 0 spiro atoms. The molecule has 0 bridgehead atoms. The van der Waals surface area contributed by atoms with Crippen LogP contribution in [0.1, 0.15) is 43.7 Å². The highest BCUT2D eigenvalue weighted by Gasteiger charge is 2.29. The van der Waals surface area contributed by atoms with Gasteiger partial charge < -0.3 is 9.64 Å². The zero-order valence-corrected chi connectivity index (χ0v) is 13.6. The first kappa shape index (κ1) is 15.6. The Labute approximate surface area is 127 Å². The van der Waals surface area contributed by atoms with Gasteiger partial charge in [0.25, 0.3) is 0 Å². The van der Waals surface area contributed by atoms with Crippen molar-refractivity contribution in [2.45, 2.75) is 49.9 Å².